The summed E-state index contributed by atoms with van der Waals surface area (Å²) in [6.45, 7) is -1.51. The maximum absolute atomic E-state index is 13.9. The molecule has 18 heteroatoms. The minimum absolute atomic E-state index is 0.00484. The predicted molar refractivity (Wildman–Crippen MR) is 135 cm³/mol. The number of hydrogen-bond donors (Lipinski definition) is 2. The van der Waals surface area contributed by atoms with Crippen molar-refractivity contribution in [1.29, 1.82) is 0 Å². The first-order valence-corrected chi connectivity index (χ1v) is 13.9. The van der Waals surface area contributed by atoms with Gasteiger partial charge in [0.2, 0.25) is 11.8 Å². The van der Waals surface area contributed by atoms with Crippen molar-refractivity contribution in [3.8, 4) is 0 Å². The Bertz CT molecular complexity index is 1490. The summed E-state index contributed by atoms with van der Waals surface area (Å²) in [4.78, 5) is 30.1. The molecule has 2 atom stereocenters. The third kappa shape index (κ3) is 8.19. The molecule has 0 aliphatic heterocycles. The van der Waals surface area contributed by atoms with Crippen LogP contribution in [-0.2, 0) is 11.3 Å². The standard InChI is InChI=1S/C26H28F8N8O2/c27-24(28)6-3-15(4-7-24)22(39-23(44)17-11-36-42(40-17)13-26(32,33)34)18-12-41-19(37-18)9-16(10-35-41)21(14-1-2-14)38-20(43)5-8-25(29,30)31/h9-12,14-15,21-22H,1-8,13H2,(H,38,43)(H,39,44)/t21?,22-/m0/s1. The van der Waals surface area contributed by atoms with Crippen molar-refractivity contribution < 1.29 is 44.7 Å². The maximum Gasteiger partial charge on any atom is 0.409 e. The summed E-state index contributed by atoms with van der Waals surface area (Å²) in [6, 6.07) is 0.0711. The fraction of sp³-hybridized carbons (Fsp3) is 0.615. The van der Waals surface area contributed by atoms with Gasteiger partial charge in [0.05, 0.1) is 42.8 Å². The number of nitrogens with one attached hydrogen (secondary N) is 2. The van der Waals surface area contributed by atoms with Crippen molar-refractivity contribution in [2.45, 2.75) is 88.3 Å². The van der Waals surface area contributed by atoms with Crippen LogP contribution < -0.4 is 10.6 Å². The van der Waals surface area contributed by atoms with Crippen molar-refractivity contribution >= 4 is 17.5 Å². The van der Waals surface area contributed by atoms with Crippen molar-refractivity contribution in [2.24, 2.45) is 11.8 Å². The zero-order valence-electron chi connectivity index (χ0n) is 23.0. The zero-order chi connectivity index (χ0) is 31.9. The lowest BCUT2D eigenvalue weighted by atomic mass is 9.81. The van der Waals surface area contributed by atoms with Gasteiger partial charge in [-0.1, -0.05) is 0 Å². The highest BCUT2D eigenvalue weighted by atomic mass is 19.4. The van der Waals surface area contributed by atoms with Gasteiger partial charge >= 0.3 is 12.4 Å². The lowest BCUT2D eigenvalue weighted by Gasteiger charge is -2.33. The molecule has 2 saturated carbocycles. The van der Waals surface area contributed by atoms with Gasteiger partial charge in [0, 0.05) is 19.3 Å². The second-order valence-corrected chi connectivity index (χ2v) is 11.3. The van der Waals surface area contributed by atoms with Crippen LogP contribution >= 0.6 is 0 Å². The lowest BCUT2D eigenvalue weighted by molar-refractivity contribution is -0.145. The highest BCUT2D eigenvalue weighted by Crippen LogP contribution is 2.43. The van der Waals surface area contributed by atoms with Crippen LogP contribution in [0.5, 0.6) is 0 Å². The molecule has 1 unspecified atom stereocenters. The van der Waals surface area contributed by atoms with Crippen LogP contribution in [0.15, 0.2) is 24.7 Å². The quantitative estimate of drug-likeness (QED) is 0.300. The second kappa shape index (κ2) is 11.9. The van der Waals surface area contributed by atoms with E-state index in [0.29, 0.717) is 10.4 Å². The predicted octanol–water partition coefficient (Wildman–Crippen LogP) is 5.09. The summed E-state index contributed by atoms with van der Waals surface area (Å²) in [6.07, 6.45) is -6.58. The first kappa shape index (κ1) is 31.6. The summed E-state index contributed by atoms with van der Waals surface area (Å²) in [7, 11) is 0. The molecule has 5 rings (SSSR count). The smallest absolute Gasteiger partial charge is 0.349 e. The van der Waals surface area contributed by atoms with Gasteiger partial charge in [-0.15, -0.1) is 5.10 Å². The van der Waals surface area contributed by atoms with E-state index in [1.54, 1.807) is 6.07 Å². The number of rotatable bonds is 10. The summed E-state index contributed by atoms with van der Waals surface area (Å²) >= 11 is 0. The topological polar surface area (TPSA) is 119 Å². The number of halogens is 8. The number of aromatic nitrogens is 6. The number of fused-ring (bicyclic) bond motifs is 1. The molecule has 10 nitrogen and oxygen atoms in total. The van der Waals surface area contributed by atoms with E-state index in [1.165, 1.54) is 16.9 Å². The van der Waals surface area contributed by atoms with E-state index in [1.807, 2.05) is 0 Å². The zero-order valence-corrected chi connectivity index (χ0v) is 23.0. The molecule has 0 bridgehead atoms. The van der Waals surface area contributed by atoms with Crippen LogP contribution in [0.4, 0.5) is 35.1 Å². The van der Waals surface area contributed by atoms with Gasteiger partial charge < -0.3 is 10.6 Å². The number of amides is 2. The Morgan fingerprint density at radius 1 is 0.932 bits per heavy atom. The molecule has 44 heavy (non-hydrogen) atoms. The van der Waals surface area contributed by atoms with Gasteiger partial charge in [0.1, 0.15) is 0 Å². The normalized spacial score (nSPS) is 19.1. The van der Waals surface area contributed by atoms with Crippen molar-refractivity contribution in [3.63, 3.8) is 0 Å². The average Bonchev–Trinajstić information content (AvgIpc) is 3.51. The molecule has 3 aromatic rings. The molecule has 0 saturated heterocycles. The SMILES string of the molecule is O=C(CCC(F)(F)F)NC(c1cnn2cc([C@@H](NC(=O)c3cnn(CC(F)(F)F)n3)C3CCC(F)(F)CC3)nc2c1)C1CC1. The van der Waals surface area contributed by atoms with Gasteiger partial charge in [-0.25, -0.2) is 18.3 Å². The van der Waals surface area contributed by atoms with E-state index < -0.39 is 86.0 Å². The van der Waals surface area contributed by atoms with E-state index >= 15 is 0 Å². The van der Waals surface area contributed by atoms with Gasteiger partial charge in [-0.05, 0) is 49.1 Å². The Kier molecular flexibility index (Phi) is 8.54. The fourth-order valence-electron chi connectivity index (χ4n) is 5.32. The molecule has 2 N–H and O–H groups in total. The Balaban J connectivity index is 1.38. The van der Waals surface area contributed by atoms with E-state index in [4.69, 9.17) is 0 Å². The number of carbonyl (C=O) groups is 2. The van der Waals surface area contributed by atoms with Crippen LogP contribution in [0.2, 0.25) is 0 Å². The minimum atomic E-state index is -4.62. The maximum atomic E-state index is 13.9. The Hall–Kier alpha value is -3.86. The van der Waals surface area contributed by atoms with Crippen LogP contribution in [0, 0.1) is 11.8 Å². The number of carbonyl (C=O) groups excluding carboxylic acids is 2. The molecular weight excluding hydrogens is 608 g/mol. The molecule has 0 aromatic carbocycles. The Morgan fingerprint density at radius 3 is 2.25 bits per heavy atom. The van der Waals surface area contributed by atoms with Crippen molar-refractivity contribution in [2.75, 3.05) is 0 Å². The minimum Gasteiger partial charge on any atom is -0.349 e. The highest BCUT2D eigenvalue weighted by Gasteiger charge is 2.40. The molecular formula is C26H28F8N8O2. The monoisotopic (exact) mass is 636 g/mol. The molecule has 0 radical (unpaired) electrons. The molecule has 240 valence electrons. The van der Waals surface area contributed by atoms with Gasteiger partial charge in [0.15, 0.2) is 17.9 Å². The van der Waals surface area contributed by atoms with Crippen molar-refractivity contribution in [1.82, 2.24) is 40.2 Å². The summed E-state index contributed by atoms with van der Waals surface area (Å²) in [5, 5.41) is 16.7. The van der Waals surface area contributed by atoms with Gasteiger partial charge in [0.25, 0.3) is 5.91 Å². The van der Waals surface area contributed by atoms with E-state index in [2.05, 4.69) is 30.9 Å². The second-order valence-electron chi connectivity index (χ2n) is 11.3. The molecule has 3 aromatic heterocycles. The third-order valence-corrected chi connectivity index (χ3v) is 7.69. The lowest BCUT2D eigenvalue weighted by Crippen LogP contribution is -2.37. The van der Waals surface area contributed by atoms with Crippen molar-refractivity contribution in [3.05, 3.63) is 41.6 Å². The highest BCUT2D eigenvalue weighted by molar-refractivity contribution is 5.92. The van der Waals surface area contributed by atoms with Gasteiger partial charge in [-0.3, -0.25) is 9.59 Å². The number of hydrogen-bond acceptors (Lipinski definition) is 6. The summed E-state index contributed by atoms with van der Waals surface area (Å²) < 4.78 is 105. The average molecular weight is 637 g/mol. The van der Waals surface area contributed by atoms with Crippen LogP contribution in [0.25, 0.3) is 5.65 Å². The largest absolute Gasteiger partial charge is 0.409 e. The number of alkyl halides is 8. The first-order valence-electron chi connectivity index (χ1n) is 13.9. The molecule has 2 aliphatic rings. The van der Waals surface area contributed by atoms with Crippen LogP contribution in [-0.4, -0.2) is 59.7 Å². The summed E-state index contributed by atoms with van der Waals surface area (Å²) in [5.41, 5.74) is 0.622. The Morgan fingerprint density at radius 2 is 1.61 bits per heavy atom. The molecule has 2 amide bonds. The molecule has 2 aliphatic carbocycles. The molecule has 0 spiro atoms. The first-order chi connectivity index (χ1) is 20.6. The number of nitrogens with zero attached hydrogens (tertiary/aromatic N) is 6. The van der Waals surface area contributed by atoms with Crippen LogP contribution in [0.3, 0.4) is 0 Å². The van der Waals surface area contributed by atoms with Gasteiger partial charge in [-0.2, -0.15) is 41.3 Å². The fourth-order valence-corrected chi connectivity index (χ4v) is 5.32. The number of imidazole rings is 1. The van der Waals surface area contributed by atoms with E-state index in [-0.39, 0.29) is 30.1 Å². The Labute approximate surface area is 244 Å². The van der Waals surface area contributed by atoms with E-state index in [9.17, 15) is 44.7 Å². The molecule has 2 fully saturated rings. The van der Waals surface area contributed by atoms with E-state index in [0.717, 1.165) is 19.0 Å². The molecule has 3 heterocycles. The van der Waals surface area contributed by atoms with Crippen LogP contribution in [0.1, 0.15) is 85.2 Å². The third-order valence-electron chi connectivity index (χ3n) is 7.69. The summed E-state index contributed by atoms with van der Waals surface area (Å²) in [5.74, 6) is -5.00.